The summed E-state index contributed by atoms with van der Waals surface area (Å²) in [6.45, 7) is 1.03. The van der Waals surface area contributed by atoms with Crippen molar-refractivity contribution in [3.63, 3.8) is 0 Å². The molecule has 166 valence electrons. The number of fused-ring (bicyclic) bond motifs is 1. The molecule has 1 unspecified atom stereocenters. The number of nitrogens with zero attached hydrogens (tertiary/aromatic N) is 3. The number of nitrogens with one attached hydrogen (secondary N) is 2. The molecule has 2 N–H and O–H groups in total. The van der Waals surface area contributed by atoms with Gasteiger partial charge in [-0.2, -0.15) is 0 Å². The molecule has 1 amide bonds. The third-order valence-electron chi connectivity index (χ3n) is 5.47. The first-order valence-corrected chi connectivity index (χ1v) is 10.6. The lowest BCUT2D eigenvalue weighted by atomic mass is 10.1. The van der Waals surface area contributed by atoms with Crippen molar-refractivity contribution < 1.29 is 13.9 Å². The largest absolute Gasteiger partial charge is 0.494 e. The summed E-state index contributed by atoms with van der Waals surface area (Å²) < 4.78 is 19.8. The van der Waals surface area contributed by atoms with Gasteiger partial charge in [0.15, 0.2) is 5.82 Å². The Labute approximate surface area is 190 Å². The molecule has 7 nitrogen and oxygen atoms in total. The van der Waals surface area contributed by atoms with Gasteiger partial charge >= 0.3 is 0 Å². The average molecular weight is 456 g/mol. The smallest absolute Gasteiger partial charge is 0.248 e. The molecule has 0 spiro atoms. The van der Waals surface area contributed by atoms with Crippen molar-refractivity contribution in [1.29, 1.82) is 0 Å². The van der Waals surface area contributed by atoms with Crippen LogP contribution in [0.5, 0.6) is 5.75 Å². The van der Waals surface area contributed by atoms with Gasteiger partial charge in [-0.05, 0) is 44.6 Å². The Morgan fingerprint density at radius 2 is 2.16 bits per heavy atom. The highest BCUT2D eigenvalue weighted by Gasteiger charge is 2.18. The predicted molar refractivity (Wildman–Crippen MR) is 124 cm³/mol. The second kappa shape index (κ2) is 9.50. The van der Waals surface area contributed by atoms with Gasteiger partial charge in [-0.1, -0.05) is 23.7 Å². The maximum Gasteiger partial charge on any atom is 0.248 e. The molecule has 0 saturated carbocycles. The number of rotatable bonds is 6. The SMILES string of the molecule is COc1cc2ncnc(Nc3cccc(Cl)c3F)c2cc1NC(=O)C=CC1CCCN1C. The van der Waals surface area contributed by atoms with Crippen LogP contribution in [-0.2, 0) is 4.79 Å². The molecule has 32 heavy (non-hydrogen) atoms. The summed E-state index contributed by atoms with van der Waals surface area (Å²) in [6.07, 6.45) is 6.97. The number of anilines is 3. The Morgan fingerprint density at radius 3 is 2.91 bits per heavy atom. The monoisotopic (exact) mass is 455 g/mol. The number of hydrogen-bond acceptors (Lipinski definition) is 6. The minimum absolute atomic E-state index is 0.00248. The molecule has 1 fully saturated rings. The lowest BCUT2D eigenvalue weighted by Gasteiger charge is -2.15. The number of likely N-dealkylation sites (tertiary alicyclic amines) is 1. The molecule has 9 heteroatoms. The van der Waals surface area contributed by atoms with E-state index in [4.69, 9.17) is 16.3 Å². The van der Waals surface area contributed by atoms with Gasteiger partial charge in [0.2, 0.25) is 5.91 Å². The van der Waals surface area contributed by atoms with Crippen LogP contribution in [0.1, 0.15) is 12.8 Å². The molecule has 1 atom stereocenters. The predicted octanol–water partition coefficient (Wildman–Crippen LogP) is 4.76. The van der Waals surface area contributed by atoms with Crippen molar-refractivity contribution >= 4 is 45.6 Å². The van der Waals surface area contributed by atoms with Gasteiger partial charge in [0.1, 0.15) is 17.9 Å². The second-order valence-electron chi connectivity index (χ2n) is 7.56. The van der Waals surface area contributed by atoms with Crippen LogP contribution < -0.4 is 15.4 Å². The van der Waals surface area contributed by atoms with Crippen LogP contribution in [0, 0.1) is 5.82 Å². The number of hydrogen-bond donors (Lipinski definition) is 2. The van der Waals surface area contributed by atoms with Crippen LogP contribution in [0.15, 0.2) is 48.8 Å². The zero-order chi connectivity index (χ0) is 22.7. The van der Waals surface area contributed by atoms with Crippen LogP contribution in [-0.4, -0.2) is 47.5 Å². The van der Waals surface area contributed by atoms with Crippen LogP contribution in [0.2, 0.25) is 5.02 Å². The molecule has 0 bridgehead atoms. The fourth-order valence-corrected chi connectivity index (χ4v) is 3.90. The van der Waals surface area contributed by atoms with Gasteiger partial charge in [0.25, 0.3) is 0 Å². The molecule has 1 saturated heterocycles. The topological polar surface area (TPSA) is 79.4 Å². The maximum atomic E-state index is 14.4. The van der Waals surface area contributed by atoms with E-state index in [0.717, 1.165) is 19.4 Å². The molecular formula is C23H23ClFN5O2. The van der Waals surface area contributed by atoms with E-state index in [-0.39, 0.29) is 22.7 Å². The van der Waals surface area contributed by atoms with Crippen LogP contribution in [0.3, 0.4) is 0 Å². The van der Waals surface area contributed by atoms with Gasteiger partial charge in [-0.25, -0.2) is 14.4 Å². The zero-order valence-electron chi connectivity index (χ0n) is 17.7. The molecule has 1 aliphatic rings. The zero-order valence-corrected chi connectivity index (χ0v) is 18.5. The van der Waals surface area contributed by atoms with E-state index in [0.29, 0.717) is 28.2 Å². The minimum atomic E-state index is -0.579. The number of methoxy groups -OCH3 is 1. The summed E-state index contributed by atoms with van der Waals surface area (Å²) in [4.78, 5) is 23.3. The van der Waals surface area contributed by atoms with E-state index in [1.807, 2.05) is 13.1 Å². The van der Waals surface area contributed by atoms with Gasteiger partial charge < -0.3 is 15.4 Å². The highest BCUT2D eigenvalue weighted by molar-refractivity contribution is 6.31. The first-order valence-electron chi connectivity index (χ1n) is 10.2. The Kier molecular flexibility index (Phi) is 6.53. The van der Waals surface area contributed by atoms with E-state index in [1.165, 1.54) is 25.6 Å². The molecule has 4 rings (SSSR count). The van der Waals surface area contributed by atoms with Crippen LogP contribution in [0.4, 0.5) is 21.6 Å². The second-order valence-corrected chi connectivity index (χ2v) is 7.96. The van der Waals surface area contributed by atoms with Gasteiger partial charge in [-0.3, -0.25) is 9.69 Å². The number of benzene rings is 2. The van der Waals surface area contributed by atoms with Crippen molar-refractivity contribution in [1.82, 2.24) is 14.9 Å². The third-order valence-corrected chi connectivity index (χ3v) is 5.76. The number of halogens is 2. The first-order chi connectivity index (χ1) is 15.5. The van der Waals surface area contributed by atoms with Gasteiger partial charge in [-0.15, -0.1) is 0 Å². The number of aromatic nitrogens is 2. The summed E-state index contributed by atoms with van der Waals surface area (Å²) in [6, 6.07) is 8.32. The number of carbonyl (C=O) groups excluding carboxylic acids is 1. The number of carbonyl (C=O) groups is 1. The number of ether oxygens (including phenoxy) is 1. The Balaban J connectivity index is 1.64. The van der Waals surface area contributed by atoms with Gasteiger partial charge in [0.05, 0.1) is 29.0 Å². The lowest BCUT2D eigenvalue weighted by Crippen LogP contribution is -2.23. The van der Waals surface area contributed by atoms with E-state index >= 15 is 0 Å². The quantitative estimate of drug-likeness (QED) is 0.521. The van der Waals surface area contributed by atoms with Crippen molar-refractivity contribution in [3.05, 3.63) is 59.7 Å². The molecule has 0 radical (unpaired) electrons. The van der Waals surface area contributed by atoms with E-state index in [1.54, 1.807) is 24.3 Å². The highest BCUT2D eigenvalue weighted by Crippen LogP contribution is 2.34. The summed E-state index contributed by atoms with van der Waals surface area (Å²) in [5, 5.41) is 6.40. The molecule has 3 aromatic rings. The molecular weight excluding hydrogens is 433 g/mol. The van der Waals surface area contributed by atoms with Crippen molar-refractivity contribution in [2.75, 3.05) is 31.3 Å². The maximum absolute atomic E-state index is 14.4. The first kappa shape index (κ1) is 22.0. The van der Waals surface area contributed by atoms with E-state index < -0.39 is 5.82 Å². The Bertz CT molecular complexity index is 1190. The molecule has 1 aliphatic heterocycles. The number of likely N-dealkylation sites (N-methyl/N-ethyl adjacent to an activating group) is 1. The lowest BCUT2D eigenvalue weighted by molar-refractivity contribution is -0.111. The summed E-state index contributed by atoms with van der Waals surface area (Å²) >= 11 is 5.88. The Morgan fingerprint density at radius 1 is 1.31 bits per heavy atom. The summed E-state index contributed by atoms with van der Waals surface area (Å²) in [7, 11) is 3.56. The standard InChI is InChI=1S/C23H23ClFN5O2/c1-30-10-4-5-14(30)8-9-21(31)28-19-11-15-18(12-20(19)32-2)26-13-27-23(15)29-17-7-3-6-16(24)22(17)25/h3,6-9,11-14H,4-5,10H2,1-2H3,(H,28,31)(H,26,27,29). The van der Waals surface area contributed by atoms with Crippen molar-refractivity contribution in [3.8, 4) is 5.75 Å². The molecule has 2 aromatic carbocycles. The van der Waals surface area contributed by atoms with Crippen LogP contribution in [0.25, 0.3) is 10.9 Å². The fraction of sp³-hybridized carbons (Fsp3) is 0.261. The highest BCUT2D eigenvalue weighted by atomic mass is 35.5. The van der Waals surface area contributed by atoms with E-state index in [2.05, 4.69) is 25.5 Å². The summed E-state index contributed by atoms with van der Waals surface area (Å²) in [5.74, 6) is -0.0200. The molecule has 0 aliphatic carbocycles. The molecule has 1 aromatic heterocycles. The fourth-order valence-electron chi connectivity index (χ4n) is 3.73. The minimum Gasteiger partial charge on any atom is -0.494 e. The third kappa shape index (κ3) is 4.66. The average Bonchev–Trinajstić information content (AvgIpc) is 3.20. The normalized spacial score (nSPS) is 16.6. The van der Waals surface area contributed by atoms with Crippen molar-refractivity contribution in [2.24, 2.45) is 0 Å². The molecule has 2 heterocycles. The van der Waals surface area contributed by atoms with Crippen molar-refractivity contribution in [2.45, 2.75) is 18.9 Å². The van der Waals surface area contributed by atoms with Crippen LogP contribution >= 0.6 is 11.6 Å². The number of amides is 1. The summed E-state index contributed by atoms with van der Waals surface area (Å²) in [5.41, 5.74) is 1.21. The van der Waals surface area contributed by atoms with Gasteiger partial charge in [0, 0.05) is 23.6 Å². The Hall–Kier alpha value is -3.23. The van der Waals surface area contributed by atoms with E-state index in [9.17, 15) is 9.18 Å².